The van der Waals surface area contributed by atoms with E-state index < -0.39 is 33.9 Å². The van der Waals surface area contributed by atoms with Gasteiger partial charge >= 0.3 is 6.18 Å². The Kier molecular flexibility index (Phi) is 5.76. The van der Waals surface area contributed by atoms with Crippen LogP contribution in [0.1, 0.15) is 32.8 Å². The molecule has 0 aliphatic heterocycles. The van der Waals surface area contributed by atoms with Crippen LogP contribution in [0.2, 0.25) is 0 Å². The summed E-state index contributed by atoms with van der Waals surface area (Å²) in [5.41, 5.74) is -2.14. The number of aryl methyl sites for hydroxylation is 1. The first-order valence-electron chi connectivity index (χ1n) is 6.73. The normalized spacial score (nSPS) is 16.6. The molecular weight excluding hydrogens is 313 g/mol. The highest BCUT2D eigenvalue weighted by Gasteiger charge is 2.56. The summed E-state index contributed by atoms with van der Waals surface area (Å²) in [5, 5.41) is 9.14. The van der Waals surface area contributed by atoms with Crippen molar-refractivity contribution in [2.45, 2.75) is 50.1 Å². The van der Waals surface area contributed by atoms with Crippen molar-refractivity contribution in [2.24, 2.45) is 0 Å². The summed E-state index contributed by atoms with van der Waals surface area (Å²) in [6, 6.07) is 9.89. The van der Waals surface area contributed by atoms with E-state index in [1.165, 1.54) is 6.07 Å². The quantitative estimate of drug-likeness (QED) is 0.897. The summed E-state index contributed by atoms with van der Waals surface area (Å²) < 4.78 is 53.4. The molecule has 0 spiro atoms. The number of hydrogen-bond donors (Lipinski definition) is 1. The van der Waals surface area contributed by atoms with Gasteiger partial charge in [-0.1, -0.05) is 30.3 Å². The number of nitrogens with zero attached hydrogens (tertiary/aromatic N) is 1. The fraction of sp³-hybridized carbons (Fsp3) is 0.533. The summed E-state index contributed by atoms with van der Waals surface area (Å²) in [7, 11) is -2.00. The molecule has 0 unspecified atom stereocenters. The van der Waals surface area contributed by atoms with E-state index in [1.807, 2.05) is 4.72 Å². The number of halogens is 3. The maximum absolute atomic E-state index is 13.4. The number of nitrogens with one attached hydrogen (secondary N) is 1. The Morgan fingerprint density at radius 2 is 1.73 bits per heavy atom. The van der Waals surface area contributed by atoms with Gasteiger partial charge in [0.1, 0.15) is 0 Å². The third-order valence-corrected chi connectivity index (χ3v) is 4.78. The largest absolute Gasteiger partial charge is 0.420 e. The van der Waals surface area contributed by atoms with Gasteiger partial charge in [0.15, 0.2) is 0 Å². The van der Waals surface area contributed by atoms with Gasteiger partial charge in [-0.15, -0.1) is 0 Å². The number of rotatable bonds is 5. The minimum atomic E-state index is -4.82. The summed E-state index contributed by atoms with van der Waals surface area (Å²) in [6.45, 7) is 4.64. The molecule has 1 N–H and O–H groups in total. The van der Waals surface area contributed by atoms with Crippen molar-refractivity contribution in [3.63, 3.8) is 0 Å². The molecule has 1 aromatic rings. The molecular formula is C15H19F3N2OS. The number of benzene rings is 1. The molecule has 3 nitrogen and oxygen atoms in total. The predicted octanol–water partition coefficient (Wildman–Crippen LogP) is 3.50. The number of hydrogen-bond acceptors (Lipinski definition) is 2. The van der Waals surface area contributed by atoms with Gasteiger partial charge in [0.25, 0.3) is 0 Å². The van der Waals surface area contributed by atoms with E-state index in [4.69, 9.17) is 5.26 Å². The monoisotopic (exact) mass is 332 g/mol. The molecule has 1 rings (SSSR count). The first kappa shape index (κ1) is 18.7. The van der Waals surface area contributed by atoms with Crippen molar-refractivity contribution in [3.8, 4) is 6.07 Å². The lowest BCUT2D eigenvalue weighted by molar-refractivity contribution is -0.175. The number of nitriles is 1. The second kappa shape index (κ2) is 6.80. The number of alkyl halides is 3. The fourth-order valence-corrected chi connectivity index (χ4v) is 2.57. The van der Waals surface area contributed by atoms with Gasteiger partial charge in [-0.05, 0) is 39.2 Å². The van der Waals surface area contributed by atoms with Crippen LogP contribution < -0.4 is 4.72 Å². The second-order valence-corrected chi connectivity index (χ2v) is 7.95. The minimum absolute atomic E-state index is 0.0578. The molecule has 0 heterocycles. The lowest BCUT2D eigenvalue weighted by Gasteiger charge is -2.32. The zero-order valence-electron chi connectivity index (χ0n) is 12.7. The highest BCUT2D eigenvalue weighted by atomic mass is 32.2. The predicted molar refractivity (Wildman–Crippen MR) is 80.2 cm³/mol. The molecule has 122 valence electrons. The smallest absolute Gasteiger partial charge is 0.242 e. The van der Waals surface area contributed by atoms with E-state index in [1.54, 1.807) is 51.1 Å². The molecule has 0 saturated carbocycles. The van der Waals surface area contributed by atoms with Crippen LogP contribution in [0.15, 0.2) is 30.3 Å². The molecule has 2 atom stereocenters. The van der Waals surface area contributed by atoms with Gasteiger partial charge in [-0.3, -0.25) is 0 Å². The van der Waals surface area contributed by atoms with Gasteiger partial charge in [-0.25, -0.2) is 8.93 Å². The van der Waals surface area contributed by atoms with Crippen LogP contribution in [0.4, 0.5) is 13.2 Å². The highest BCUT2D eigenvalue weighted by molar-refractivity contribution is 7.84. The molecule has 0 aliphatic carbocycles. The lowest BCUT2D eigenvalue weighted by Crippen LogP contribution is -2.58. The first-order chi connectivity index (χ1) is 10.0. The first-order valence-corrected chi connectivity index (χ1v) is 7.88. The Morgan fingerprint density at radius 3 is 2.14 bits per heavy atom. The zero-order chi connectivity index (χ0) is 17.0. The van der Waals surface area contributed by atoms with Crippen molar-refractivity contribution in [1.82, 2.24) is 4.72 Å². The third-order valence-electron chi connectivity index (χ3n) is 3.13. The Labute approximate surface area is 131 Å². The van der Waals surface area contributed by atoms with Gasteiger partial charge in [-0.2, -0.15) is 18.4 Å². The van der Waals surface area contributed by atoms with E-state index in [0.29, 0.717) is 5.56 Å². The average Bonchev–Trinajstić information content (AvgIpc) is 2.42. The van der Waals surface area contributed by atoms with Crippen LogP contribution in [0.3, 0.4) is 0 Å². The van der Waals surface area contributed by atoms with Gasteiger partial charge in [0.05, 0.1) is 21.8 Å². The van der Waals surface area contributed by atoms with E-state index in [9.17, 15) is 17.4 Å². The maximum Gasteiger partial charge on any atom is 0.420 e. The topological polar surface area (TPSA) is 52.9 Å². The standard InChI is InChI=1S/C15H19F3N2OS/c1-13(2,3)22(21)20-14(11-19,15(16,17)18)10-9-12-7-5-4-6-8-12/h4-8,20H,9-10H2,1-3H3/t14-,22-/m1/s1. The van der Waals surface area contributed by atoms with Crippen LogP contribution in [-0.2, 0) is 17.4 Å². The van der Waals surface area contributed by atoms with Crippen molar-refractivity contribution < 1.29 is 17.4 Å². The van der Waals surface area contributed by atoms with Gasteiger partial charge in [0.2, 0.25) is 5.54 Å². The zero-order valence-corrected chi connectivity index (χ0v) is 13.5. The molecule has 0 aliphatic rings. The molecule has 0 saturated heterocycles. The van der Waals surface area contributed by atoms with Crippen molar-refractivity contribution in [1.29, 1.82) is 5.26 Å². The van der Waals surface area contributed by atoms with Crippen LogP contribution in [0, 0.1) is 11.3 Å². The van der Waals surface area contributed by atoms with Crippen molar-refractivity contribution >= 4 is 11.0 Å². The van der Waals surface area contributed by atoms with E-state index >= 15 is 0 Å². The second-order valence-electron chi connectivity index (χ2n) is 5.98. The maximum atomic E-state index is 13.4. The molecule has 0 fully saturated rings. The average molecular weight is 332 g/mol. The Balaban J connectivity index is 3.02. The lowest BCUT2D eigenvalue weighted by atomic mass is 9.93. The van der Waals surface area contributed by atoms with E-state index in [-0.39, 0.29) is 6.42 Å². The van der Waals surface area contributed by atoms with Crippen LogP contribution in [0.25, 0.3) is 0 Å². The molecule has 0 radical (unpaired) electrons. The van der Waals surface area contributed by atoms with Crippen LogP contribution >= 0.6 is 0 Å². The molecule has 0 bridgehead atoms. The summed E-state index contributed by atoms with van der Waals surface area (Å²) in [5.74, 6) is 0. The SMILES string of the molecule is CC(C)(C)[S@@](=O)N[C@@](C#N)(CCc1ccccc1)C(F)(F)F. The molecule has 0 amide bonds. The van der Waals surface area contributed by atoms with Crippen LogP contribution in [0.5, 0.6) is 0 Å². The minimum Gasteiger partial charge on any atom is -0.242 e. The summed E-state index contributed by atoms with van der Waals surface area (Å²) in [6.07, 6.45) is -5.27. The molecule has 0 aromatic heterocycles. The van der Waals surface area contributed by atoms with Crippen molar-refractivity contribution in [3.05, 3.63) is 35.9 Å². The Hall–Kier alpha value is -1.39. The van der Waals surface area contributed by atoms with Gasteiger partial charge in [0, 0.05) is 0 Å². The summed E-state index contributed by atoms with van der Waals surface area (Å²) >= 11 is 0. The Bertz CT molecular complexity index is 561. The molecule has 1 aromatic carbocycles. The van der Waals surface area contributed by atoms with E-state index in [2.05, 4.69) is 0 Å². The molecule has 7 heteroatoms. The third kappa shape index (κ3) is 4.55. The van der Waals surface area contributed by atoms with Gasteiger partial charge < -0.3 is 0 Å². The fourth-order valence-electron chi connectivity index (χ4n) is 1.68. The highest BCUT2D eigenvalue weighted by Crippen LogP contribution is 2.35. The Morgan fingerprint density at radius 1 is 1.18 bits per heavy atom. The van der Waals surface area contributed by atoms with Crippen LogP contribution in [-0.4, -0.2) is 20.7 Å². The molecule has 22 heavy (non-hydrogen) atoms. The van der Waals surface area contributed by atoms with Crippen molar-refractivity contribution in [2.75, 3.05) is 0 Å². The van der Waals surface area contributed by atoms with E-state index in [0.717, 1.165) is 0 Å². The summed E-state index contributed by atoms with van der Waals surface area (Å²) in [4.78, 5) is 0.